The largest absolute Gasteiger partial charge is 0.0622 e. The molecular formula is C30H34. The first-order valence-corrected chi connectivity index (χ1v) is 10.5. The number of rotatable bonds is 1. The first-order valence-electron chi connectivity index (χ1n) is 10.5. The predicted molar refractivity (Wildman–Crippen MR) is 133 cm³/mol. The Bertz CT molecular complexity index is 1020. The molecular weight excluding hydrogens is 360 g/mol. The summed E-state index contributed by atoms with van der Waals surface area (Å²) in [6, 6.07) is 33.9. The van der Waals surface area contributed by atoms with Gasteiger partial charge in [-0.2, -0.15) is 0 Å². The van der Waals surface area contributed by atoms with E-state index in [4.69, 9.17) is 0 Å². The van der Waals surface area contributed by atoms with Gasteiger partial charge in [0.05, 0.1) is 0 Å². The summed E-state index contributed by atoms with van der Waals surface area (Å²) in [5, 5.41) is 0. The second kappa shape index (κ2) is 11.8. The van der Waals surface area contributed by atoms with E-state index in [1.165, 1.54) is 44.5 Å². The van der Waals surface area contributed by atoms with Crippen LogP contribution in [0.25, 0.3) is 11.1 Å². The summed E-state index contributed by atoms with van der Waals surface area (Å²) < 4.78 is 0. The third-order valence-electron chi connectivity index (χ3n) is 5.22. The summed E-state index contributed by atoms with van der Waals surface area (Å²) in [6.07, 6.45) is 0. The van der Waals surface area contributed by atoms with Crippen LogP contribution >= 0.6 is 0 Å². The third kappa shape index (κ3) is 7.72. The quantitative estimate of drug-likeness (QED) is 0.303. The molecule has 0 saturated carbocycles. The maximum absolute atomic E-state index is 2.25. The molecule has 0 unspecified atom stereocenters. The number of hydrogen-bond acceptors (Lipinski definition) is 0. The van der Waals surface area contributed by atoms with Gasteiger partial charge in [0.1, 0.15) is 0 Å². The molecule has 30 heavy (non-hydrogen) atoms. The van der Waals surface area contributed by atoms with Crippen LogP contribution in [0.4, 0.5) is 0 Å². The molecule has 0 aliphatic rings. The van der Waals surface area contributed by atoms with Gasteiger partial charge in [0, 0.05) is 0 Å². The standard InChI is InChI=1S/C15H16.C8H10.C7H8/c1-11-5-4-6-14(9-11)15-8-7-12(2)13(3)10-15;1-7-5-3-4-6-8(7)2;1-7-5-3-2-4-6-7/h4-10H,1-3H3;3-6H,1-2H3;2-6H,1H3. The summed E-state index contributed by atoms with van der Waals surface area (Å²) in [5.74, 6) is 0. The molecule has 0 heteroatoms. The first kappa shape index (κ1) is 23.2. The van der Waals surface area contributed by atoms with Crippen LogP contribution in [0.1, 0.15) is 33.4 Å². The Kier molecular flexibility index (Phi) is 9.09. The monoisotopic (exact) mass is 394 g/mol. The van der Waals surface area contributed by atoms with Crippen LogP contribution < -0.4 is 0 Å². The van der Waals surface area contributed by atoms with E-state index in [2.05, 4.69) is 120 Å². The molecule has 4 aromatic rings. The van der Waals surface area contributed by atoms with Gasteiger partial charge in [-0.05, 0) is 74.9 Å². The minimum Gasteiger partial charge on any atom is -0.0622 e. The lowest BCUT2D eigenvalue weighted by molar-refractivity contribution is 1.34. The molecule has 0 aliphatic carbocycles. The van der Waals surface area contributed by atoms with Crippen molar-refractivity contribution in [3.05, 3.63) is 130 Å². The molecule has 0 aliphatic heterocycles. The van der Waals surface area contributed by atoms with E-state index < -0.39 is 0 Å². The van der Waals surface area contributed by atoms with E-state index in [0.717, 1.165) is 0 Å². The van der Waals surface area contributed by atoms with E-state index in [1.54, 1.807) is 0 Å². The lowest BCUT2D eigenvalue weighted by Crippen LogP contribution is -1.84. The minimum absolute atomic E-state index is 1.30. The van der Waals surface area contributed by atoms with Gasteiger partial charge in [0.25, 0.3) is 0 Å². The molecule has 0 fully saturated rings. The first-order chi connectivity index (χ1) is 14.4. The Morgan fingerprint density at radius 3 is 1.30 bits per heavy atom. The molecule has 0 aromatic heterocycles. The van der Waals surface area contributed by atoms with Gasteiger partial charge in [-0.25, -0.2) is 0 Å². The van der Waals surface area contributed by atoms with Crippen molar-refractivity contribution in [2.45, 2.75) is 41.5 Å². The van der Waals surface area contributed by atoms with Gasteiger partial charge in [0.15, 0.2) is 0 Å². The van der Waals surface area contributed by atoms with Crippen LogP contribution in [0.2, 0.25) is 0 Å². The molecule has 4 rings (SSSR count). The van der Waals surface area contributed by atoms with Crippen molar-refractivity contribution < 1.29 is 0 Å². The van der Waals surface area contributed by atoms with Crippen LogP contribution in [-0.4, -0.2) is 0 Å². The van der Waals surface area contributed by atoms with Crippen molar-refractivity contribution in [2.24, 2.45) is 0 Å². The fraction of sp³-hybridized carbons (Fsp3) is 0.200. The van der Waals surface area contributed by atoms with Crippen molar-refractivity contribution in [1.82, 2.24) is 0 Å². The smallest absolute Gasteiger partial charge is 0.0181 e. The normalized spacial score (nSPS) is 9.67. The van der Waals surface area contributed by atoms with Crippen LogP contribution in [0, 0.1) is 41.5 Å². The average Bonchev–Trinajstić information content (AvgIpc) is 2.74. The maximum Gasteiger partial charge on any atom is -0.0181 e. The maximum atomic E-state index is 2.25. The molecule has 4 aromatic carbocycles. The fourth-order valence-corrected chi connectivity index (χ4v) is 2.94. The Morgan fingerprint density at radius 2 is 0.833 bits per heavy atom. The molecule has 0 amide bonds. The van der Waals surface area contributed by atoms with Gasteiger partial charge < -0.3 is 0 Å². The van der Waals surface area contributed by atoms with Crippen LogP contribution in [-0.2, 0) is 0 Å². The van der Waals surface area contributed by atoms with E-state index >= 15 is 0 Å². The summed E-state index contributed by atoms with van der Waals surface area (Å²) in [4.78, 5) is 0. The zero-order valence-electron chi connectivity index (χ0n) is 19.2. The highest BCUT2D eigenvalue weighted by Gasteiger charge is 1.99. The molecule has 0 bridgehead atoms. The molecule has 0 nitrogen and oxygen atoms in total. The average molecular weight is 395 g/mol. The Hall–Kier alpha value is -3.12. The second-order valence-corrected chi connectivity index (χ2v) is 7.91. The van der Waals surface area contributed by atoms with Crippen molar-refractivity contribution in [2.75, 3.05) is 0 Å². The van der Waals surface area contributed by atoms with Crippen molar-refractivity contribution in [3.63, 3.8) is 0 Å². The lowest BCUT2D eigenvalue weighted by Gasteiger charge is -2.06. The zero-order valence-corrected chi connectivity index (χ0v) is 19.2. The highest BCUT2D eigenvalue weighted by molar-refractivity contribution is 5.65. The number of aryl methyl sites for hydroxylation is 6. The summed E-state index contributed by atoms with van der Waals surface area (Å²) in [5.41, 5.74) is 10.7. The summed E-state index contributed by atoms with van der Waals surface area (Å²) >= 11 is 0. The summed E-state index contributed by atoms with van der Waals surface area (Å²) in [6.45, 7) is 12.8. The second-order valence-electron chi connectivity index (χ2n) is 7.91. The van der Waals surface area contributed by atoms with Gasteiger partial charge in [0.2, 0.25) is 0 Å². The van der Waals surface area contributed by atoms with Gasteiger partial charge >= 0.3 is 0 Å². The Labute approximate surface area is 183 Å². The molecule has 0 heterocycles. The van der Waals surface area contributed by atoms with Gasteiger partial charge in [-0.3, -0.25) is 0 Å². The van der Waals surface area contributed by atoms with Crippen LogP contribution in [0.3, 0.4) is 0 Å². The predicted octanol–water partition coefficient (Wildman–Crippen LogP) is 8.58. The molecule has 0 saturated heterocycles. The molecule has 0 atom stereocenters. The van der Waals surface area contributed by atoms with E-state index in [0.29, 0.717) is 0 Å². The molecule has 154 valence electrons. The third-order valence-corrected chi connectivity index (χ3v) is 5.22. The van der Waals surface area contributed by atoms with E-state index in [1.807, 2.05) is 18.2 Å². The van der Waals surface area contributed by atoms with E-state index in [-0.39, 0.29) is 0 Å². The number of hydrogen-bond donors (Lipinski definition) is 0. The van der Waals surface area contributed by atoms with Crippen molar-refractivity contribution in [3.8, 4) is 11.1 Å². The topological polar surface area (TPSA) is 0 Å². The van der Waals surface area contributed by atoms with Gasteiger partial charge in [-0.1, -0.05) is 108 Å². The Morgan fingerprint density at radius 1 is 0.333 bits per heavy atom. The number of benzene rings is 4. The highest BCUT2D eigenvalue weighted by atomic mass is 14.0. The van der Waals surface area contributed by atoms with Crippen LogP contribution in [0.15, 0.2) is 97.1 Å². The van der Waals surface area contributed by atoms with Crippen LogP contribution in [0.5, 0.6) is 0 Å². The van der Waals surface area contributed by atoms with Crippen molar-refractivity contribution >= 4 is 0 Å². The molecule has 0 spiro atoms. The fourth-order valence-electron chi connectivity index (χ4n) is 2.94. The highest BCUT2D eigenvalue weighted by Crippen LogP contribution is 2.22. The molecule has 0 N–H and O–H groups in total. The Balaban J connectivity index is 0.000000179. The summed E-state index contributed by atoms with van der Waals surface area (Å²) in [7, 11) is 0. The van der Waals surface area contributed by atoms with Crippen molar-refractivity contribution in [1.29, 1.82) is 0 Å². The minimum atomic E-state index is 1.30. The zero-order chi connectivity index (χ0) is 21.9. The van der Waals surface area contributed by atoms with Gasteiger partial charge in [-0.15, -0.1) is 0 Å². The lowest BCUT2D eigenvalue weighted by atomic mass is 9.99. The molecule has 0 radical (unpaired) electrons. The SMILES string of the molecule is Cc1cccc(-c2ccc(C)c(C)c2)c1.Cc1ccccc1.Cc1ccccc1C. The van der Waals surface area contributed by atoms with E-state index in [9.17, 15) is 0 Å².